The van der Waals surface area contributed by atoms with Crippen molar-refractivity contribution in [2.75, 3.05) is 17.7 Å². The van der Waals surface area contributed by atoms with Crippen LogP contribution in [0.4, 0.5) is 11.5 Å². The molecule has 0 spiro atoms. The molecular formula is C12H22N4O. The predicted molar refractivity (Wildman–Crippen MR) is 70.2 cm³/mol. The Morgan fingerprint density at radius 1 is 1.35 bits per heavy atom. The summed E-state index contributed by atoms with van der Waals surface area (Å²) in [6.45, 7) is 8.89. The molecule has 0 saturated heterocycles. The summed E-state index contributed by atoms with van der Waals surface area (Å²) in [7, 11) is 0. The van der Waals surface area contributed by atoms with E-state index in [-0.39, 0.29) is 5.54 Å². The Bertz CT molecular complexity index is 360. The monoisotopic (exact) mass is 238 g/mol. The third-order valence-electron chi connectivity index (χ3n) is 2.08. The van der Waals surface area contributed by atoms with Crippen molar-refractivity contribution in [2.24, 2.45) is 0 Å². The molecule has 0 fully saturated rings. The summed E-state index contributed by atoms with van der Waals surface area (Å²) in [5, 5.41) is 3.22. The second-order valence-electron chi connectivity index (χ2n) is 5.02. The van der Waals surface area contributed by atoms with Crippen LogP contribution in [-0.4, -0.2) is 22.1 Å². The molecule has 1 aromatic heterocycles. The number of nitrogen functional groups attached to an aromatic ring is 1. The van der Waals surface area contributed by atoms with Crippen molar-refractivity contribution in [3.8, 4) is 5.88 Å². The lowest BCUT2D eigenvalue weighted by Crippen LogP contribution is -2.27. The van der Waals surface area contributed by atoms with E-state index in [0.29, 0.717) is 24.0 Å². The van der Waals surface area contributed by atoms with Crippen molar-refractivity contribution in [3.63, 3.8) is 0 Å². The van der Waals surface area contributed by atoms with Gasteiger partial charge in [-0.25, -0.2) is 4.98 Å². The number of nitrogens with zero attached hydrogens (tertiary/aromatic N) is 2. The Morgan fingerprint density at radius 3 is 2.65 bits per heavy atom. The predicted octanol–water partition coefficient (Wildman–Crippen LogP) is 2.45. The Morgan fingerprint density at radius 2 is 2.06 bits per heavy atom. The summed E-state index contributed by atoms with van der Waals surface area (Å²) >= 11 is 0. The van der Waals surface area contributed by atoms with Crippen LogP contribution in [0.1, 0.15) is 40.5 Å². The summed E-state index contributed by atoms with van der Waals surface area (Å²) < 4.78 is 5.52. The molecule has 0 bridgehead atoms. The second-order valence-corrected chi connectivity index (χ2v) is 5.02. The van der Waals surface area contributed by atoms with Gasteiger partial charge in [0.1, 0.15) is 12.0 Å². The first-order valence-corrected chi connectivity index (χ1v) is 5.95. The van der Waals surface area contributed by atoms with E-state index in [1.165, 1.54) is 6.33 Å². The summed E-state index contributed by atoms with van der Waals surface area (Å²) in [4.78, 5) is 8.17. The molecule has 17 heavy (non-hydrogen) atoms. The average Bonchev–Trinajstić information content (AvgIpc) is 2.22. The van der Waals surface area contributed by atoms with Crippen LogP contribution in [0.3, 0.4) is 0 Å². The first-order valence-electron chi connectivity index (χ1n) is 5.95. The van der Waals surface area contributed by atoms with Gasteiger partial charge in [0, 0.05) is 5.54 Å². The molecule has 0 radical (unpaired) electrons. The zero-order chi connectivity index (χ0) is 12.9. The quantitative estimate of drug-likeness (QED) is 0.771. The zero-order valence-corrected chi connectivity index (χ0v) is 11.1. The Hall–Kier alpha value is -1.52. The molecule has 1 heterocycles. The molecule has 0 aliphatic heterocycles. The van der Waals surface area contributed by atoms with E-state index in [4.69, 9.17) is 10.5 Å². The smallest absolute Gasteiger partial charge is 0.242 e. The minimum atomic E-state index is -0.0941. The Labute approximate surface area is 103 Å². The number of anilines is 2. The van der Waals surface area contributed by atoms with Gasteiger partial charge in [0.15, 0.2) is 5.82 Å². The number of ether oxygens (including phenoxy) is 1. The molecule has 0 aliphatic carbocycles. The molecule has 0 amide bonds. The van der Waals surface area contributed by atoms with Gasteiger partial charge in [-0.05, 0) is 27.2 Å². The van der Waals surface area contributed by atoms with Crippen LogP contribution in [0.15, 0.2) is 6.33 Å². The summed E-state index contributed by atoms with van der Waals surface area (Å²) in [6, 6.07) is 0. The fourth-order valence-electron chi connectivity index (χ4n) is 1.26. The topological polar surface area (TPSA) is 73.1 Å². The van der Waals surface area contributed by atoms with Gasteiger partial charge in [-0.15, -0.1) is 0 Å². The first kappa shape index (κ1) is 13.5. The number of nitrogens with two attached hydrogens (primary N) is 1. The lowest BCUT2D eigenvalue weighted by atomic mass is 10.1. The molecule has 5 heteroatoms. The van der Waals surface area contributed by atoms with Gasteiger partial charge in [-0.3, -0.25) is 0 Å². The number of hydrogen-bond donors (Lipinski definition) is 2. The molecule has 0 saturated carbocycles. The number of nitrogens with one attached hydrogen (secondary N) is 1. The SMILES string of the molecule is CCCCOc1ncnc(NC(C)(C)C)c1N. The maximum Gasteiger partial charge on any atom is 0.242 e. The van der Waals surface area contributed by atoms with Crippen molar-refractivity contribution in [1.82, 2.24) is 9.97 Å². The summed E-state index contributed by atoms with van der Waals surface area (Å²) in [5.74, 6) is 1.08. The van der Waals surface area contributed by atoms with Crippen molar-refractivity contribution in [1.29, 1.82) is 0 Å². The Balaban J connectivity index is 2.76. The van der Waals surface area contributed by atoms with Gasteiger partial charge in [0.25, 0.3) is 0 Å². The largest absolute Gasteiger partial charge is 0.476 e. The highest BCUT2D eigenvalue weighted by molar-refractivity contribution is 5.67. The highest BCUT2D eigenvalue weighted by Gasteiger charge is 2.15. The van der Waals surface area contributed by atoms with E-state index in [0.717, 1.165) is 12.8 Å². The lowest BCUT2D eigenvalue weighted by molar-refractivity contribution is 0.299. The van der Waals surface area contributed by atoms with Gasteiger partial charge >= 0.3 is 0 Å². The zero-order valence-electron chi connectivity index (χ0n) is 11.1. The van der Waals surface area contributed by atoms with E-state index in [2.05, 4.69) is 22.2 Å². The van der Waals surface area contributed by atoms with E-state index >= 15 is 0 Å². The van der Waals surface area contributed by atoms with Gasteiger partial charge in [-0.2, -0.15) is 4.98 Å². The maximum atomic E-state index is 5.96. The van der Waals surface area contributed by atoms with E-state index < -0.39 is 0 Å². The van der Waals surface area contributed by atoms with Crippen molar-refractivity contribution in [2.45, 2.75) is 46.1 Å². The van der Waals surface area contributed by atoms with E-state index in [1.807, 2.05) is 20.8 Å². The molecule has 5 nitrogen and oxygen atoms in total. The number of rotatable bonds is 5. The lowest BCUT2D eigenvalue weighted by Gasteiger charge is -2.22. The third-order valence-corrected chi connectivity index (χ3v) is 2.08. The first-order chi connectivity index (χ1) is 7.94. The van der Waals surface area contributed by atoms with Crippen LogP contribution in [0.25, 0.3) is 0 Å². The molecule has 1 rings (SSSR count). The fraction of sp³-hybridized carbons (Fsp3) is 0.667. The molecule has 0 aliphatic rings. The second kappa shape index (κ2) is 5.70. The van der Waals surface area contributed by atoms with Crippen molar-refractivity contribution >= 4 is 11.5 Å². The van der Waals surface area contributed by atoms with Crippen molar-refractivity contribution < 1.29 is 4.74 Å². The van der Waals surface area contributed by atoms with E-state index in [9.17, 15) is 0 Å². The van der Waals surface area contributed by atoms with Crippen LogP contribution in [0, 0.1) is 0 Å². The van der Waals surface area contributed by atoms with Crippen molar-refractivity contribution in [3.05, 3.63) is 6.33 Å². The van der Waals surface area contributed by atoms with Gasteiger partial charge in [-0.1, -0.05) is 13.3 Å². The molecule has 3 N–H and O–H groups in total. The highest BCUT2D eigenvalue weighted by atomic mass is 16.5. The fourth-order valence-corrected chi connectivity index (χ4v) is 1.26. The maximum absolute atomic E-state index is 5.96. The van der Waals surface area contributed by atoms with Gasteiger partial charge in [0.05, 0.1) is 6.61 Å². The number of unbranched alkanes of at least 4 members (excludes halogenated alkanes) is 1. The standard InChI is InChI=1S/C12H22N4O/c1-5-6-7-17-11-9(13)10(14-8-15-11)16-12(2,3)4/h8H,5-7,13H2,1-4H3,(H,14,15,16). The number of aromatic nitrogens is 2. The van der Waals surface area contributed by atoms with E-state index in [1.54, 1.807) is 0 Å². The number of hydrogen-bond acceptors (Lipinski definition) is 5. The van der Waals surface area contributed by atoms with Gasteiger partial charge < -0.3 is 15.8 Å². The summed E-state index contributed by atoms with van der Waals surface area (Å²) in [5.41, 5.74) is 6.34. The minimum absolute atomic E-state index is 0.0941. The average molecular weight is 238 g/mol. The normalized spacial score (nSPS) is 11.3. The molecule has 1 aromatic rings. The summed E-state index contributed by atoms with van der Waals surface area (Å²) in [6.07, 6.45) is 3.54. The minimum Gasteiger partial charge on any atom is -0.476 e. The third kappa shape index (κ3) is 4.46. The molecule has 96 valence electrons. The van der Waals surface area contributed by atoms with Crippen LogP contribution in [-0.2, 0) is 0 Å². The van der Waals surface area contributed by atoms with Crippen LogP contribution in [0.5, 0.6) is 5.88 Å². The highest BCUT2D eigenvalue weighted by Crippen LogP contribution is 2.26. The van der Waals surface area contributed by atoms with Crippen LogP contribution < -0.4 is 15.8 Å². The Kier molecular flexibility index (Phi) is 4.54. The van der Waals surface area contributed by atoms with Gasteiger partial charge in [0.2, 0.25) is 5.88 Å². The van der Waals surface area contributed by atoms with Crippen LogP contribution in [0.2, 0.25) is 0 Å². The molecular weight excluding hydrogens is 216 g/mol. The van der Waals surface area contributed by atoms with Crippen LogP contribution >= 0.6 is 0 Å². The molecule has 0 unspecified atom stereocenters. The molecule has 0 atom stereocenters. The molecule has 0 aromatic carbocycles.